The quantitative estimate of drug-likeness (QED) is 0.132. The molecule has 4 aromatic carbocycles. The van der Waals surface area contributed by atoms with Gasteiger partial charge in [0.2, 0.25) is 0 Å². The summed E-state index contributed by atoms with van der Waals surface area (Å²) in [6, 6.07) is 29.0. The van der Waals surface area contributed by atoms with Gasteiger partial charge in [0.25, 0.3) is 11.8 Å². The average Bonchev–Trinajstić information content (AvgIpc) is 3.10. The molecule has 0 aliphatic carbocycles. The molecule has 2 atom stereocenters. The largest absolute Gasteiger partial charge is 0.497 e. The maximum Gasteiger partial charge on any atom is 0.335 e. The zero-order valence-corrected chi connectivity index (χ0v) is 26.1. The monoisotopic (exact) mass is 625 g/mol. The summed E-state index contributed by atoms with van der Waals surface area (Å²) in [4.78, 5) is 44.5. The fourth-order valence-electron chi connectivity index (χ4n) is 7.05. The molecule has 0 saturated carbocycles. The van der Waals surface area contributed by atoms with E-state index >= 15 is 0 Å². The second-order valence-electron chi connectivity index (χ2n) is 11.9. The van der Waals surface area contributed by atoms with Gasteiger partial charge in [-0.3, -0.25) is 14.9 Å². The van der Waals surface area contributed by atoms with Crippen molar-refractivity contribution in [1.29, 1.82) is 0 Å². The highest BCUT2D eigenvalue weighted by atomic mass is 16.5. The number of benzene rings is 4. The molecule has 1 N–H and O–H groups in total. The lowest BCUT2D eigenvalue weighted by Gasteiger charge is -2.44. The van der Waals surface area contributed by atoms with Crippen LogP contribution in [0.3, 0.4) is 0 Å². The van der Waals surface area contributed by atoms with E-state index in [0.29, 0.717) is 22.7 Å². The molecule has 4 aromatic rings. The summed E-state index contributed by atoms with van der Waals surface area (Å²) in [5, 5.41) is 2.41. The summed E-state index contributed by atoms with van der Waals surface area (Å²) in [5.41, 5.74) is 6.45. The number of carbonyl (C=O) groups is 3. The number of amides is 4. The van der Waals surface area contributed by atoms with E-state index in [1.165, 1.54) is 22.9 Å². The van der Waals surface area contributed by atoms with Crippen molar-refractivity contribution >= 4 is 35.3 Å². The van der Waals surface area contributed by atoms with E-state index in [1.807, 2.05) is 48.5 Å². The van der Waals surface area contributed by atoms with E-state index in [9.17, 15) is 14.4 Å². The Morgan fingerprint density at radius 3 is 2.04 bits per heavy atom. The van der Waals surface area contributed by atoms with Crippen molar-refractivity contribution in [3.8, 4) is 11.5 Å². The number of anilines is 2. The lowest BCUT2D eigenvalue weighted by atomic mass is 9.76. The van der Waals surface area contributed by atoms with Crippen LogP contribution in [0, 0.1) is 0 Å². The van der Waals surface area contributed by atoms with Crippen molar-refractivity contribution in [2.75, 3.05) is 36.6 Å². The third-order valence-electron chi connectivity index (χ3n) is 9.24. The standard InChI is InChI=1S/C39H35N3O5/c1-3-20-47-35-24-29(46-2)15-14-27(35)21-34-37(43)40-39(45)42(38(34)44)28-22-32-30(25-10-6-4-7-11-25)16-18-41-19-17-31(33(23-28)36(32)41)26-12-8-5-9-13-26/h3-15,21-24,30-31H,1,16-20H2,2H3,(H,40,43,45)/b34-21+/t30-,31-/m0/s1. The number of rotatable bonds is 8. The molecule has 47 heavy (non-hydrogen) atoms. The first-order chi connectivity index (χ1) is 23.0. The smallest absolute Gasteiger partial charge is 0.335 e. The summed E-state index contributed by atoms with van der Waals surface area (Å²) in [6.45, 7) is 5.76. The van der Waals surface area contributed by atoms with Crippen LogP contribution in [-0.4, -0.2) is 44.7 Å². The number of methoxy groups -OCH3 is 1. The van der Waals surface area contributed by atoms with Crippen LogP contribution in [0.25, 0.3) is 6.08 Å². The summed E-state index contributed by atoms with van der Waals surface area (Å²) in [7, 11) is 1.54. The predicted molar refractivity (Wildman–Crippen MR) is 182 cm³/mol. The molecule has 7 rings (SSSR count). The summed E-state index contributed by atoms with van der Waals surface area (Å²) >= 11 is 0. The zero-order chi connectivity index (χ0) is 32.5. The first-order valence-corrected chi connectivity index (χ1v) is 15.8. The molecule has 4 amide bonds. The Kier molecular flexibility index (Phi) is 8.08. The topological polar surface area (TPSA) is 88.2 Å². The van der Waals surface area contributed by atoms with Crippen molar-refractivity contribution < 1.29 is 23.9 Å². The maximum atomic E-state index is 14.2. The van der Waals surface area contributed by atoms with Crippen molar-refractivity contribution in [1.82, 2.24) is 5.32 Å². The molecule has 8 nitrogen and oxygen atoms in total. The van der Waals surface area contributed by atoms with E-state index < -0.39 is 17.8 Å². The molecule has 0 spiro atoms. The average molecular weight is 626 g/mol. The minimum Gasteiger partial charge on any atom is -0.497 e. The second-order valence-corrected chi connectivity index (χ2v) is 11.9. The fraction of sp³-hybridized carbons (Fsp3) is 0.205. The molecule has 1 fully saturated rings. The van der Waals surface area contributed by atoms with Crippen LogP contribution < -0.4 is 24.6 Å². The highest BCUT2D eigenvalue weighted by molar-refractivity contribution is 6.39. The van der Waals surface area contributed by atoms with Gasteiger partial charge in [0.1, 0.15) is 23.7 Å². The van der Waals surface area contributed by atoms with Gasteiger partial charge in [-0.2, -0.15) is 0 Å². The molecule has 8 heteroatoms. The maximum absolute atomic E-state index is 14.2. The second kappa shape index (κ2) is 12.6. The van der Waals surface area contributed by atoms with Gasteiger partial charge in [0.15, 0.2) is 0 Å². The molecule has 236 valence electrons. The molecular formula is C39H35N3O5. The third kappa shape index (κ3) is 5.56. The Bertz CT molecular complexity index is 1830. The first kappa shape index (κ1) is 30.0. The summed E-state index contributed by atoms with van der Waals surface area (Å²) < 4.78 is 11.2. The number of imide groups is 2. The molecule has 3 heterocycles. The Labute approximate surface area is 273 Å². The number of barbiturate groups is 1. The van der Waals surface area contributed by atoms with Gasteiger partial charge in [0, 0.05) is 42.2 Å². The van der Waals surface area contributed by atoms with E-state index in [1.54, 1.807) is 31.4 Å². The number of urea groups is 1. The van der Waals surface area contributed by atoms with Gasteiger partial charge >= 0.3 is 6.03 Å². The van der Waals surface area contributed by atoms with E-state index in [2.05, 4.69) is 41.1 Å². The number of hydrogen-bond donors (Lipinski definition) is 1. The molecule has 1 saturated heterocycles. The normalized spacial score (nSPS) is 19.7. The van der Waals surface area contributed by atoms with Crippen LogP contribution >= 0.6 is 0 Å². The van der Waals surface area contributed by atoms with Gasteiger partial charge in [-0.05, 0) is 65.4 Å². The van der Waals surface area contributed by atoms with Gasteiger partial charge in [-0.25, -0.2) is 9.69 Å². The number of nitrogens with one attached hydrogen (secondary N) is 1. The Hall–Kier alpha value is -5.63. The number of nitrogens with zero attached hydrogens (tertiary/aromatic N) is 2. The molecule has 0 unspecified atom stereocenters. The van der Waals surface area contributed by atoms with Gasteiger partial charge in [0.05, 0.1) is 12.8 Å². The Morgan fingerprint density at radius 2 is 1.47 bits per heavy atom. The lowest BCUT2D eigenvalue weighted by molar-refractivity contribution is -0.122. The number of ether oxygens (including phenoxy) is 2. The van der Waals surface area contributed by atoms with Crippen LogP contribution in [0.1, 0.15) is 52.5 Å². The van der Waals surface area contributed by atoms with Crippen molar-refractivity contribution in [2.45, 2.75) is 24.7 Å². The van der Waals surface area contributed by atoms with Crippen LogP contribution in [-0.2, 0) is 9.59 Å². The molecular weight excluding hydrogens is 590 g/mol. The van der Waals surface area contributed by atoms with Gasteiger partial charge < -0.3 is 14.4 Å². The molecule has 3 aliphatic rings. The van der Waals surface area contributed by atoms with E-state index in [0.717, 1.165) is 42.0 Å². The van der Waals surface area contributed by atoms with Gasteiger partial charge in [-0.15, -0.1) is 0 Å². The first-order valence-electron chi connectivity index (χ1n) is 15.8. The summed E-state index contributed by atoms with van der Waals surface area (Å²) in [6.07, 6.45) is 4.87. The van der Waals surface area contributed by atoms with Crippen LogP contribution in [0.2, 0.25) is 0 Å². The number of hydrogen-bond acceptors (Lipinski definition) is 6. The van der Waals surface area contributed by atoms with Crippen molar-refractivity contribution in [3.05, 3.63) is 137 Å². The third-order valence-corrected chi connectivity index (χ3v) is 9.24. The molecule has 3 aliphatic heterocycles. The van der Waals surface area contributed by atoms with Crippen LogP contribution in [0.4, 0.5) is 16.2 Å². The van der Waals surface area contributed by atoms with Crippen LogP contribution in [0.15, 0.2) is 109 Å². The SMILES string of the molecule is C=CCOc1cc(OC)ccc1/C=C1\C(=O)NC(=O)N(c2cc3c4c(c2)[C@H](c2ccccc2)CCN4CC[C@H]3c2ccccc2)C1=O. The minimum atomic E-state index is -0.779. The van der Waals surface area contributed by atoms with Gasteiger partial charge in [-0.1, -0.05) is 73.3 Å². The summed E-state index contributed by atoms with van der Waals surface area (Å²) in [5.74, 6) is -0.335. The Balaban J connectivity index is 1.37. The molecule has 0 radical (unpaired) electrons. The molecule has 0 bridgehead atoms. The van der Waals surface area contributed by atoms with Crippen molar-refractivity contribution in [2.24, 2.45) is 0 Å². The minimum absolute atomic E-state index is 0.0825. The highest BCUT2D eigenvalue weighted by Crippen LogP contribution is 2.50. The van der Waals surface area contributed by atoms with Crippen LogP contribution in [0.5, 0.6) is 11.5 Å². The lowest BCUT2D eigenvalue weighted by Crippen LogP contribution is -2.54. The molecule has 0 aromatic heterocycles. The Morgan fingerprint density at radius 1 is 0.851 bits per heavy atom. The van der Waals surface area contributed by atoms with E-state index in [-0.39, 0.29) is 24.0 Å². The number of carbonyl (C=O) groups excluding carboxylic acids is 3. The fourth-order valence-corrected chi connectivity index (χ4v) is 7.05. The van der Waals surface area contributed by atoms with E-state index in [4.69, 9.17) is 9.47 Å². The highest BCUT2D eigenvalue weighted by Gasteiger charge is 2.40. The predicted octanol–water partition coefficient (Wildman–Crippen LogP) is 6.80. The van der Waals surface area contributed by atoms with Crippen molar-refractivity contribution in [3.63, 3.8) is 0 Å². The zero-order valence-electron chi connectivity index (χ0n) is 26.1.